The highest BCUT2D eigenvalue weighted by Crippen LogP contribution is 2.31. The van der Waals surface area contributed by atoms with E-state index in [2.05, 4.69) is 50.1 Å². The number of benzene rings is 1. The Morgan fingerprint density at radius 1 is 1.14 bits per heavy atom. The predicted molar refractivity (Wildman–Crippen MR) is 87.9 cm³/mol. The molecule has 112 valence electrons. The summed E-state index contributed by atoms with van der Waals surface area (Å²) in [4.78, 5) is 4.27. The van der Waals surface area contributed by atoms with E-state index < -0.39 is 0 Å². The molecule has 2 aromatic rings. The molecule has 0 atom stereocenters. The first-order valence-corrected chi connectivity index (χ1v) is 7.42. The Kier molecular flexibility index (Phi) is 4.84. The molecule has 0 fully saturated rings. The Hall–Kier alpha value is -2.03. The number of pyridine rings is 1. The molecule has 21 heavy (non-hydrogen) atoms. The van der Waals surface area contributed by atoms with Crippen molar-refractivity contribution in [1.29, 1.82) is 0 Å². The van der Waals surface area contributed by atoms with E-state index in [1.54, 1.807) is 0 Å². The minimum Gasteiger partial charge on any atom is -0.489 e. The topological polar surface area (TPSA) is 34.1 Å². The van der Waals surface area contributed by atoms with Crippen molar-refractivity contribution in [3.8, 4) is 5.75 Å². The molecule has 1 aromatic heterocycles. The maximum Gasteiger partial charge on any atom is 0.126 e. The summed E-state index contributed by atoms with van der Waals surface area (Å²) in [7, 11) is 0. The van der Waals surface area contributed by atoms with Crippen LogP contribution in [-0.4, -0.2) is 11.5 Å². The summed E-state index contributed by atoms with van der Waals surface area (Å²) >= 11 is 0. The molecular formula is C18H24N2O. The average Bonchev–Trinajstić information content (AvgIpc) is 2.45. The van der Waals surface area contributed by atoms with Gasteiger partial charge in [0.15, 0.2) is 0 Å². The summed E-state index contributed by atoms with van der Waals surface area (Å²) in [5, 5.41) is 3.22. The molecule has 1 heterocycles. The second-order valence-electron chi connectivity index (χ2n) is 6.11. The van der Waals surface area contributed by atoms with Gasteiger partial charge in [-0.2, -0.15) is 0 Å². The van der Waals surface area contributed by atoms with E-state index >= 15 is 0 Å². The molecule has 0 saturated heterocycles. The first-order valence-electron chi connectivity index (χ1n) is 7.42. The molecule has 2 rings (SSSR count). The molecule has 3 heteroatoms. The monoisotopic (exact) mass is 284 g/mol. The third-order valence-corrected chi connectivity index (χ3v) is 3.27. The lowest BCUT2D eigenvalue weighted by atomic mass is 9.86. The maximum atomic E-state index is 6.03. The van der Waals surface area contributed by atoms with Crippen LogP contribution in [0.25, 0.3) is 0 Å². The van der Waals surface area contributed by atoms with Gasteiger partial charge in [0, 0.05) is 12.7 Å². The molecule has 0 aliphatic rings. The Bertz CT molecular complexity index is 588. The third-order valence-electron chi connectivity index (χ3n) is 3.27. The minimum atomic E-state index is 0.0732. The molecule has 0 spiro atoms. The lowest BCUT2D eigenvalue weighted by Crippen LogP contribution is -2.13. The molecule has 0 radical (unpaired) electrons. The van der Waals surface area contributed by atoms with Gasteiger partial charge in [-0.25, -0.2) is 4.98 Å². The van der Waals surface area contributed by atoms with Crippen LogP contribution in [0.1, 0.15) is 38.8 Å². The molecule has 0 aliphatic heterocycles. The first kappa shape index (κ1) is 15.4. The summed E-state index contributed by atoms with van der Waals surface area (Å²) in [5.41, 5.74) is 2.42. The normalized spacial score (nSPS) is 11.2. The standard InChI is InChI=1S/C18H24N2O/c1-5-19-17-12-14(10-11-20-17)13-21-16-9-7-6-8-15(16)18(2,3)4/h6-12H,5,13H2,1-4H3,(H,19,20). The summed E-state index contributed by atoms with van der Waals surface area (Å²) in [6.07, 6.45) is 1.81. The van der Waals surface area contributed by atoms with Crippen LogP contribution in [-0.2, 0) is 12.0 Å². The van der Waals surface area contributed by atoms with Crippen LogP contribution in [0.5, 0.6) is 5.75 Å². The minimum absolute atomic E-state index is 0.0732. The Labute approximate surface area is 127 Å². The van der Waals surface area contributed by atoms with E-state index in [9.17, 15) is 0 Å². The molecule has 1 N–H and O–H groups in total. The van der Waals surface area contributed by atoms with Gasteiger partial charge in [-0.1, -0.05) is 39.0 Å². The van der Waals surface area contributed by atoms with Crippen molar-refractivity contribution in [2.24, 2.45) is 0 Å². The number of anilines is 1. The van der Waals surface area contributed by atoms with Crippen LogP contribution in [0.2, 0.25) is 0 Å². The maximum absolute atomic E-state index is 6.03. The van der Waals surface area contributed by atoms with E-state index in [4.69, 9.17) is 4.74 Å². The number of nitrogens with zero attached hydrogens (tertiary/aromatic N) is 1. The average molecular weight is 284 g/mol. The highest BCUT2D eigenvalue weighted by molar-refractivity contribution is 5.40. The molecule has 0 aliphatic carbocycles. The van der Waals surface area contributed by atoms with Crippen molar-refractivity contribution >= 4 is 5.82 Å². The zero-order valence-electron chi connectivity index (χ0n) is 13.3. The fourth-order valence-corrected chi connectivity index (χ4v) is 2.22. The molecule has 0 saturated carbocycles. The number of hydrogen-bond acceptors (Lipinski definition) is 3. The molecule has 1 aromatic carbocycles. The molecule has 3 nitrogen and oxygen atoms in total. The van der Waals surface area contributed by atoms with Crippen molar-refractivity contribution in [2.45, 2.75) is 39.7 Å². The number of ether oxygens (including phenoxy) is 1. The zero-order chi connectivity index (χ0) is 15.3. The molecule has 0 unspecified atom stereocenters. The van der Waals surface area contributed by atoms with E-state index in [1.807, 2.05) is 30.5 Å². The second kappa shape index (κ2) is 6.61. The lowest BCUT2D eigenvalue weighted by Gasteiger charge is -2.22. The summed E-state index contributed by atoms with van der Waals surface area (Å²) in [6.45, 7) is 10.1. The van der Waals surface area contributed by atoms with E-state index in [1.165, 1.54) is 5.56 Å². The number of hydrogen-bond donors (Lipinski definition) is 1. The smallest absolute Gasteiger partial charge is 0.126 e. The largest absolute Gasteiger partial charge is 0.489 e. The quantitative estimate of drug-likeness (QED) is 0.884. The van der Waals surface area contributed by atoms with Crippen LogP contribution >= 0.6 is 0 Å². The van der Waals surface area contributed by atoms with Crippen LogP contribution in [0.3, 0.4) is 0 Å². The Morgan fingerprint density at radius 3 is 2.62 bits per heavy atom. The summed E-state index contributed by atoms with van der Waals surface area (Å²) < 4.78 is 6.03. The fraction of sp³-hybridized carbons (Fsp3) is 0.389. The summed E-state index contributed by atoms with van der Waals surface area (Å²) in [5.74, 6) is 1.84. The van der Waals surface area contributed by atoms with Gasteiger partial charge in [0.25, 0.3) is 0 Å². The van der Waals surface area contributed by atoms with Crippen LogP contribution in [0.4, 0.5) is 5.82 Å². The Balaban J connectivity index is 2.12. The zero-order valence-corrected chi connectivity index (χ0v) is 13.3. The predicted octanol–water partition coefficient (Wildman–Crippen LogP) is 4.39. The Morgan fingerprint density at radius 2 is 1.90 bits per heavy atom. The molecule has 0 bridgehead atoms. The summed E-state index contributed by atoms with van der Waals surface area (Å²) in [6, 6.07) is 12.3. The second-order valence-corrected chi connectivity index (χ2v) is 6.11. The number of aromatic nitrogens is 1. The molecule has 0 amide bonds. The SMILES string of the molecule is CCNc1cc(COc2ccccc2C(C)(C)C)ccn1. The highest BCUT2D eigenvalue weighted by atomic mass is 16.5. The van der Waals surface area contributed by atoms with Crippen molar-refractivity contribution in [3.05, 3.63) is 53.7 Å². The van der Waals surface area contributed by atoms with Gasteiger partial charge in [0.05, 0.1) is 0 Å². The first-order chi connectivity index (χ1) is 10.0. The van der Waals surface area contributed by atoms with Crippen LogP contribution < -0.4 is 10.1 Å². The van der Waals surface area contributed by atoms with Gasteiger partial charge in [-0.15, -0.1) is 0 Å². The van der Waals surface area contributed by atoms with Crippen molar-refractivity contribution in [2.75, 3.05) is 11.9 Å². The highest BCUT2D eigenvalue weighted by Gasteiger charge is 2.18. The van der Waals surface area contributed by atoms with Gasteiger partial charge >= 0.3 is 0 Å². The number of para-hydroxylation sites is 1. The molecular weight excluding hydrogens is 260 g/mol. The van der Waals surface area contributed by atoms with Crippen LogP contribution in [0, 0.1) is 0 Å². The van der Waals surface area contributed by atoms with E-state index in [-0.39, 0.29) is 5.41 Å². The van der Waals surface area contributed by atoms with E-state index in [0.29, 0.717) is 6.61 Å². The van der Waals surface area contributed by atoms with Crippen LogP contribution in [0.15, 0.2) is 42.6 Å². The van der Waals surface area contributed by atoms with Crippen molar-refractivity contribution < 1.29 is 4.74 Å². The third kappa shape index (κ3) is 4.22. The van der Waals surface area contributed by atoms with Gasteiger partial charge in [-0.05, 0) is 41.7 Å². The van der Waals surface area contributed by atoms with Crippen molar-refractivity contribution in [1.82, 2.24) is 4.98 Å². The van der Waals surface area contributed by atoms with E-state index in [0.717, 1.165) is 23.7 Å². The fourth-order valence-electron chi connectivity index (χ4n) is 2.22. The number of nitrogens with one attached hydrogen (secondary N) is 1. The van der Waals surface area contributed by atoms with Gasteiger partial charge in [0.2, 0.25) is 0 Å². The lowest BCUT2D eigenvalue weighted by molar-refractivity contribution is 0.297. The van der Waals surface area contributed by atoms with Gasteiger partial charge in [-0.3, -0.25) is 0 Å². The van der Waals surface area contributed by atoms with Gasteiger partial charge < -0.3 is 10.1 Å². The van der Waals surface area contributed by atoms with Gasteiger partial charge in [0.1, 0.15) is 18.2 Å². The number of rotatable bonds is 5. The van der Waals surface area contributed by atoms with Crippen molar-refractivity contribution in [3.63, 3.8) is 0 Å².